The first-order valence-electron chi connectivity index (χ1n) is 7.61. The molecule has 0 aliphatic rings. The number of nitrogens with two attached hydrogens (primary N) is 1. The van der Waals surface area contributed by atoms with Crippen molar-refractivity contribution in [2.45, 2.75) is 13.5 Å². The van der Waals surface area contributed by atoms with Gasteiger partial charge in [-0.25, -0.2) is 9.97 Å². The molecule has 3 N–H and O–H groups in total. The summed E-state index contributed by atoms with van der Waals surface area (Å²) in [7, 11) is 1.79. The van der Waals surface area contributed by atoms with E-state index in [0.717, 1.165) is 27.7 Å². The van der Waals surface area contributed by atoms with E-state index in [2.05, 4.69) is 21.0 Å². The number of carbonyl (C=O) groups excluding carboxylic acids is 1. The van der Waals surface area contributed by atoms with E-state index in [-0.39, 0.29) is 11.9 Å². The summed E-state index contributed by atoms with van der Waals surface area (Å²) in [5, 5.41) is 1.14. The molecule has 0 atom stereocenters. The summed E-state index contributed by atoms with van der Waals surface area (Å²) < 4.78 is 0. The Balaban J connectivity index is 1.74. The van der Waals surface area contributed by atoms with Gasteiger partial charge < -0.3 is 15.6 Å². The highest BCUT2D eigenvalue weighted by molar-refractivity contribution is 5.92. The monoisotopic (exact) mass is 321 g/mol. The highest BCUT2D eigenvalue weighted by Gasteiger charge is 2.12. The Hall–Kier alpha value is -3.15. The molecule has 2 heterocycles. The van der Waals surface area contributed by atoms with Crippen molar-refractivity contribution in [3.8, 4) is 0 Å². The van der Waals surface area contributed by atoms with Gasteiger partial charge in [0, 0.05) is 54.2 Å². The van der Waals surface area contributed by atoms with Crippen LogP contribution in [0.3, 0.4) is 0 Å². The number of aryl methyl sites for hydroxylation is 1. The number of benzene rings is 1. The number of rotatable bonds is 4. The standard InChI is InChI=1S/C18H19N5O/c1-12-15(14-5-3-4-6-16(14)22-12)11-23(2)17(24)8-7-13-9-20-18(19)21-10-13/h3-10,22H,11H2,1-2H3,(H2,19,20,21)/b8-7+. The number of carbonyl (C=O) groups is 1. The minimum Gasteiger partial charge on any atom is -0.368 e. The number of H-pyrrole nitrogens is 1. The molecule has 6 nitrogen and oxygen atoms in total. The number of likely N-dealkylation sites (N-methyl/N-ethyl adjacent to an activating group) is 1. The number of anilines is 1. The molecule has 6 heteroatoms. The molecule has 0 radical (unpaired) electrons. The average Bonchev–Trinajstić information content (AvgIpc) is 2.90. The van der Waals surface area contributed by atoms with Crippen LogP contribution in [0, 0.1) is 6.92 Å². The Labute approximate surface area is 140 Å². The summed E-state index contributed by atoms with van der Waals surface area (Å²) >= 11 is 0. The van der Waals surface area contributed by atoms with Crippen LogP contribution in [-0.2, 0) is 11.3 Å². The predicted octanol–water partition coefficient (Wildman–Crippen LogP) is 2.52. The van der Waals surface area contributed by atoms with Gasteiger partial charge in [0.15, 0.2) is 0 Å². The molecule has 0 fully saturated rings. The molecular formula is C18H19N5O. The van der Waals surface area contributed by atoms with Gasteiger partial charge in [-0.2, -0.15) is 0 Å². The van der Waals surface area contributed by atoms with E-state index in [1.54, 1.807) is 30.4 Å². The summed E-state index contributed by atoms with van der Waals surface area (Å²) in [4.78, 5) is 25.1. The number of amides is 1. The average molecular weight is 321 g/mol. The minimum absolute atomic E-state index is 0.0866. The van der Waals surface area contributed by atoms with Crippen LogP contribution in [0.5, 0.6) is 0 Å². The maximum absolute atomic E-state index is 12.3. The molecule has 1 aromatic carbocycles. The van der Waals surface area contributed by atoms with Gasteiger partial charge in [0.25, 0.3) is 0 Å². The zero-order valence-electron chi connectivity index (χ0n) is 13.7. The molecule has 0 aliphatic carbocycles. The molecule has 0 saturated heterocycles. The third-order valence-corrected chi connectivity index (χ3v) is 3.91. The summed E-state index contributed by atoms with van der Waals surface area (Å²) in [5.41, 5.74) is 9.46. The van der Waals surface area contributed by atoms with E-state index in [4.69, 9.17) is 5.73 Å². The largest absolute Gasteiger partial charge is 0.368 e. The summed E-state index contributed by atoms with van der Waals surface area (Å²) in [5.74, 6) is 0.127. The fraction of sp³-hybridized carbons (Fsp3) is 0.167. The van der Waals surface area contributed by atoms with Gasteiger partial charge in [0.05, 0.1) is 0 Å². The zero-order chi connectivity index (χ0) is 17.1. The molecule has 0 spiro atoms. The molecule has 1 amide bonds. The van der Waals surface area contributed by atoms with Crippen LogP contribution in [-0.4, -0.2) is 32.8 Å². The van der Waals surface area contributed by atoms with Crippen molar-refractivity contribution in [2.75, 3.05) is 12.8 Å². The number of fused-ring (bicyclic) bond motifs is 1. The zero-order valence-corrected chi connectivity index (χ0v) is 13.7. The topological polar surface area (TPSA) is 87.9 Å². The van der Waals surface area contributed by atoms with Crippen LogP contribution in [0.4, 0.5) is 5.95 Å². The molecule has 3 aromatic rings. The van der Waals surface area contributed by atoms with Gasteiger partial charge >= 0.3 is 0 Å². The molecule has 0 saturated carbocycles. The van der Waals surface area contributed by atoms with Crippen LogP contribution in [0.1, 0.15) is 16.8 Å². The second-order valence-corrected chi connectivity index (χ2v) is 5.68. The van der Waals surface area contributed by atoms with E-state index in [9.17, 15) is 4.79 Å². The van der Waals surface area contributed by atoms with Gasteiger partial charge in [0.2, 0.25) is 11.9 Å². The van der Waals surface area contributed by atoms with E-state index in [0.29, 0.717) is 6.54 Å². The fourth-order valence-electron chi connectivity index (χ4n) is 2.58. The molecular weight excluding hydrogens is 302 g/mol. The molecule has 0 unspecified atom stereocenters. The third-order valence-electron chi connectivity index (χ3n) is 3.91. The van der Waals surface area contributed by atoms with E-state index >= 15 is 0 Å². The van der Waals surface area contributed by atoms with Crippen molar-refractivity contribution in [3.63, 3.8) is 0 Å². The first-order valence-corrected chi connectivity index (χ1v) is 7.61. The molecule has 2 aromatic heterocycles. The molecule has 0 bridgehead atoms. The lowest BCUT2D eigenvalue weighted by Gasteiger charge is -2.15. The minimum atomic E-state index is -0.0866. The number of para-hydroxylation sites is 1. The maximum atomic E-state index is 12.3. The first-order chi connectivity index (χ1) is 11.5. The van der Waals surface area contributed by atoms with Gasteiger partial charge in [-0.05, 0) is 24.6 Å². The molecule has 3 rings (SSSR count). The van der Waals surface area contributed by atoms with Crippen molar-refractivity contribution in [1.82, 2.24) is 19.9 Å². The highest BCUT2D eigenvalue weighted by atomic mass is 16.2. The molecule has 24 heavy (non-hydrogen) atoms. The highest BCUT2D eigenvalue weighted by Crippen LogP contribution is 2.23. The van der Waals surface area contributed by atoms with Crippen molar-refractivity contribution in [2.24, 2.45) is 0 Å². The van der Waals surface area contributed by atoms with E-state index in [1.807, 2.05) is 25.1 Å². The second kappa shape index (κ2) is 6.54. The van der Waals surface area contributed by atoms with Crippen molar-refractivity contribution in [1.29, 1.82) is 0 Å². The first kappa shape index (κ1) is 15.7. The Morgan fingerprint density at radius 3 is 2.75 bits per heavy atom. The quantitative estimate of drug-likeness (QED) is 0.723. The van der Waals surface area contributed by atoms with Crippen LogP contribution in [0.2, 0.25) is 0 Å². The fourth-order valence-corrected chi connectivity index (χ4v) is 2.58. The number of nitrogens with zero attached hydrogens (tertiary/aromatic N) is 3. The summed E-state index contributed by atoms with van der Waals surface area (Å²) in [6, 6.07) is 8.10. The lowest BCUT2D eigenvalue weighted by molar-refractivity contribution is -0.125. The van der Waals surface area contributed by atoms with Crippen LogP contribution in [0.25, 0.3) is 17.0 Å². The van der Waals surface area contributed by atoms with E-state index < -0.39 is 0 Å². The van der Waals surface area contributed by atoms with Gasteiger partial charge in [-0.15, -0.1) is 0 Å². The van der Waals surface area contributed by atoms with Crippen molar-refractivity contribution < 1.29 is 4.79 Å². The van der Waals surface area contributed by atoms with Crippen LogP contribution in [0.15, 0.2) is 42.7 Å². The van der Waals surface area contributed by atoms with E-state index in [1.165, 1.54) is 6.08 Å². The smallest absolute Gasteiger partial charge is 0.246 e. The lowest BCUT2D eigenvalue weighted by Crippen LogP contribution is -2.24. The Morgan fingerprint density at radius 2 is 2.00 bits per heavy atom. The van der Waals surface area contributed by atoms with Gasteiger partial charge in [-0.1, -0.05) is 18.2 Å². The lowest BCUT2D eigenvalue weighted by atomic mass is 10.1. The van der Waals surface area contributed by atoms with Crippen LogP contribution < -0.4 is 5.73 Å². The van der Waals surface area contributed by atoms with Crippen molar-refractivity contribution >= 4 is 28.8 Å². The number of hydrogen-bond acceptors (Lipinski definition) is 4. The Morgan fingerprint density at radius 1 is 1.29 bits per heavy atom. The van der Waals surface area contributed by atoms with Crippen LogP contribution >= 0.6 is 0 Å². The number of nitrogen functional groups attached to an aromatic ring is 1. The molecule has 0 aliphatic heterocycles. The number of aromatic amines is 1. The van der Waals surface area contributed by atoms with Crippen molar-refractivity contribution in [3.05, 3.63) is 59.6 Å². The summed E-state index contributed by atoms with van der Waals surface area (Å²) in [6.07, 6.45) is 6.35. The Bertz CT molecular complexity index is 895. The maximum Gasteiger partial charge on any atom is 0.246 e. The number of hydrogen-bond donors (Lipinski definition) is 2. The Kier molecular flexibility index (Phi) is 4.29. The number of aromatic nitrogens is 3. The normalized spacial score (nSPS) is 11.2. The van der Waals surface area contributed by atoms with Gasteiger partial charge in [0.1, 0.15) is 0 Å². The SMILES string of the molecule is Cc1[nH]c2ccccc2c1CN(C)C(=O)/C=C/c1cnc(N)nc1. The predicted molar refractivity (Wildman–Crippen MR) is 95.0 cm³/mol. The summed E-state index contributed by atoms with van der Waals surface area (Å²) in [6.45, 7) is 2.56. The second-order valence-electron chi connectivity index (χ2n) is 5.68. The third kappa shape index (κ3) is 3.27. The van der Waals surface area contributed by atoms with Gasteiger partial charge in [-0.3, -0.25) is 4.79 Å². The molecule has 122 valence electrons. The number of nitrogens with one attached hydrogen (secondary N) is 1.